The van der Waals surface area contributed by atoms with Crippen LogP contribution in [0.4, 0.5) is 10.5 Å². The van der Waals surface area contributed by atoms with E-state index in [1.807, 2.05) is 24.3 Å². The summed E-state index contributed by atoms with van der Waals surface area (Å²) in [7, 11) is 1.61. The molecule has 0 saturated carbocycles. The number of nitrogens with two attached hydrogens (primary N) is 1. The zero-order valence-electron chi connectivity index (χ0n) is 11.8. The van der Waals surface area contributed by atoms with Gasteiger partial charge < -0.3 is 15.6 Å². The number of aliphatic hydroxyl groups is 1. The number of urea groups is 1. The number of primary amides is 1. The molecule has 110 valence electrons. The van der Waals surface area contributed by atoms with Gasteiger partial charge in [-0.3, -0.25) is 4.90 Å². The second kappa shape index (κ2) is 6.76. The molecule has 3 N–H and O–H groups in total. The van der Waals surface area contributed by atoms with Crippen molar-refractivity contribution in [2.45, 2.75) is 13.2 Å². The third-order valence-corrected chi connectivity index (χ3v) is 3.17. The number of hydrogen-bond acceptors (Lipinski definition) is 3. The lowest BCUT2D eigenvalue weighted by atomic mass is 10.1. The minimum Gasteiger partial charge on any atom is -0.489 e. The largest absolute Gasteiger partial charge is 0.489 e. The van der Waals surface area contributed by atoms with Crippen LogP contribution < -0.4 is 15.4 Å². The second-order valence-corrected chi connectivity index (χ2v) is 4.65. The van der Waals surface area contributed by atoms with Crippen LogP contribution in [0.5, 0.6) is 5.75 Å². The van der Waals surface area contributed by atoms with Gasteiger partial charge in [-0.25, -0.2) is 4.79 Å². The van der Waals surface area contributed by atoms with Crippen LogP contribution in [0.3, 0.4) is 0 Å². The van der Waals surface area contributed by atoms with E-state index in [1.54, 1.807) is 31.3 Å². The lowest BCUT2D eigenvalue weighted by molar-refractivity contribution is 0.255. The van der Waals surface area contributed by atoms with Crippen molar-refractivity contribution in [1.82, 2.24) is 0 Å². The van der Waals surface area contributed by atoms with E-state index in [1.165, 1.54) is 4.90 Å². The van der Waals surface area contributed by atoms with Crippen molar-refractivity contribution >= 4 is 11.7 Å². The van der Waals surface area contributed by atoms with Crippen molar-refractivity contribution in [2.75, 3.05) is 11.9 Å². The van der Waals surface area contributed by atoms with Crippen LogP contribution in [0.25, 0.3) is 0 Å². The molecule has 2 rings (SSSR count). The van der Waals surface area contributed by atoms with Crippen LogP contribution in [-0.2, 0) is 13.2 Å². The molecule has 5 heteroatoms. The van der Waals surface area contributed by atoms with Gasteiger partial charge in [0.25, 0.3) is 0 Å². The van der Waals surface area contributed by atoms with Gasteiger partial charge in [0.05, 0.1) is 6.61 Å². The van der Waals surface area contributed by atoms with E-state index in [4.69, 9.17) is 15.6 Å². The molecule has 0 aliphatic rings. The molecular weight excluding hydrogens is 268 g/mol. The monoisotopic (exact) mass is 286 g/mol. The first-order chi connectivity index (χ1) is 10.1. The minimum atomic E-state index is -0.507. The lowest BCUT2D eigenvalue weighted by Crippen LogP contribution is -2.31. The Labute approximate surface area is 123 Å². The Kier molecular flexibility index (Phi) is 4.79. The third-order valence-electron chi connectivity index (χ3n) is 3.17. The highest BCUT2D eigenvalue weighted by atomic mass is 16.5. The molecule has 0 unspecified atom stereocenters. The number of carbonyl (C=O) groups excluding carboxylic acids is 1. The van der Waals surface area contributed by atoms with Gasteiger partial charge in [-0.1, -0.05) is 24.3 Å². The number of carbonyl (C=O) groups is 1. The number of hydrogen-bond donors (Lipinski definition) is 2. The molecule has 0 saturated heterocycles. The first kappa shape index (κ1) is 14.9. The fraction of sp³-hybridized carbons (Fsp3) is 0.188. The smallest absolute Gasteiger partial charge is 0.318 e. The van der Waals surface area contributed by atoms with Gasteiger partial charge >= 0.3 is 6.03 Å². The second-order valence-electron chi connectivity index (χ2n) is 4.65. The molecule has 0 spiro atoms. The van der Waals surface area contributed by atoms with Crippen molar-refractivity contribution in [2.24, 2.45) is 5.73 Å². The first-order valence-electron chi connectivity index (χ1n) is 6.55. The lowest BCUT2D eigenvalue weighted by Gasteiger charge is -2.14. The maximum atomic E-state index is 11.0. The SMILES string of the molecule is CN(C(N)=O)c1ccc(OCc2ccc(CO)cc2)cc1. The Hall–Kier alpha value is -2.53. The Morgan fingerprint density at radius 1 is 1.10 bits per heavy atom. The van der Waals surface area contributed by atoms with Crippen LogP contribution in [0, 0.1) is 0 Å². The van der Waals surface area contributed by atoms with Crippen LogP contribution in [0.2, 0.25) is 0 Å². The summed E-state index contributed by atoms with van der Waals surface area (Å²) < 4.78 is 5.66. The summed E-state index contributed by atoms with van der Waals surface area (Å²) >= 11 is 0. The Balaban J connectivity index is 1.95. The van der Waals surface area contributed by atoms with Crippen molar-refractivity contribution < 1.29 is 14.6 Å². The zero-order valence-corrected chi connectivity index (χ0v) is 11.8. The summed E-state index contributed by atoms with van der Waals surface area (Å²) in [5.41, 5.74) is 7.80. The number of anilines is 1. The molecule has 0 radical (unpaired) electrons. The molecule has 5 nitrogen and oxygen atoms in total. The van der Waals surface area contributed by atoms with E-state index >= 15 is 0 Å². The fourth-order valence-corrected chi connectivity index (χ4v) is 1.80. The van der Waals surface area contributed by atoms with Gasteiger partial charge in [0.2, 0.25) is 0 Å². The predicted octanol–water partition coefficient (Wildman–Crippen LogP) is 2.27. The maximum absolute atomic E-state index is 11.0. The summed E-state index contributed by atoms with van der Waals surface area (Å²) in [5.74, 6) is 0.711. The number of aliphatic hydroxyl groups excluding tert-OH is 1. The summed E-state index contributed by atoms with van der Waals surface area (Å²) in [6.07, 6.45) is 0. The average molecular weight is 286 g/mol. The molecule has 0 aliphatic heterocycles. The van der Waals surface area contributed by atoms with E-state index in [0.29, 0.717) is 18.0 Å². The van der Waals surface area contributed by atoms with Gasteiger partial charge in [-0.2, -0.15) is 0 Å². The molecule has 0 atom stereocenters. The standard InChI is InChI=1S/C16H18N2O3/c1-18(16(17)20)14-6-8-15(9-7-14)21-11-13-4-2-12(10-19)3-5-13/h2-9,19H,10-11H2,1H3,(H2,17,20). The molecule has 2 amide bonds. The van der Waals surface area contributed by atoms with E-state index in [-0.39, 0.29) is 6.61 Å². The van der Waals surface area contributed by atoms with Gasteiger partial charge in [0.15, 0.2) is 0 Å². The van der Waals surface area contributed by atoms with Crippen LogP contribution in [0.1, 0.15) is 11.1 Å². The van der Waals surface area contributed by atoms with E-state index in [0.717, 1.165) is 11.1 Å². The Morgan fingerprint density at radius 2 is 1.67 bits per heavy atom. The van der Waals surface area contributed by atoms with Gasteiger partial charge in [0, 0.05) is 12.7 Å². The van der Waals surface area contributed by atoms with E-state index in [2.05, 4.69) is 0 Å². The molecule has 0 aliphatic carbocycles. The molecule has 0 heterocycles. The Morgan fingerprint density at radius 3 is 2.19 bits per heavy atom. The highest BCUT2D eigenvalue weighted by Gasteiger charge is 2.06. The normalized spacial score (nSPS) is 10.2. The third kappa shape index (κ3) is 3.97. The van der Waals surface area contributed by atoms with Crippen molar-refractivity contribution in [3.8, 4) is 5.75 Å². The van der Waals surface area contributed by atoms with Crippen molar-refractivity contribution in [3.05, 3.63) is 59.7 Å². The number of nitrogens with zero attached hydrogens (tertiary/aromatic N) is 1. The quantitative estimate of drug-likeness (QED) is 0.885. The number of amides is 2. The molecule has 0 fully saturated rings. The maximum Gasteiger partial charge on any atom is 0.318 e. The molecule has 21 heavy (non-hydrogen) atoms. The highest BCUT2D eigenvalue weighted by Crippen LogP contribution is 2.19. The summed E-state index contributed by atoms with van der Waals surface area (Å²) in [6, 6.07) is 14.2. The van der Waals surface area contributed by atoms with Crippen molar-refractivity contribution in [3.63, 3.8) is 0 Å². The number of rotatable bonds is 5. The van der Waals surface area contributed by atoms with Crippen LogP contribution in [-0.4, -0.2) is 18.2 Å². The molecule has 0 aromatic heterocycles. The van der Waals surface area contributed by atoms with E-state index < -0.39 is 6.03 Å². The summed E-state index contributed by atoms with van der Waals surface area (Å²) in [6.45, 7) is 0.479. The summed E-state index contributed by atoms with van der Waals surface area (Å²) in [4.78, 5) is 12.4. The van der Waals surface area contributed by atoms with Gasteiger partial charge in [0.1, 0.15) is 12.4 Å². The predicted molar refractivity (Wildman–Crippen MR) is 81.1 cm³/mol. The van der Waals surface area contributed by atoms with Crippen LogP contribution >= 0.6 is 0 Å². The molecule has 2 aromatic carbocycles. The zero-order chi connectivity index (χ0) is 15.2. The first-order valence-corrected chi connectivity index (χ1v) is 6.55. The molecular formula is C16H18N2O3. The van der Waals surface area contributed by atoms with Gasteiger partial charge in [-0.15, -0.1) is 0 Å². The van der Waals surface area contributed by atoms with E-state index in [9.17, 15) is 4.79 Å². The van der Waals surface area contributed by atoms with Gasteiger partial charge in [-0.05, 0) is 35.4 Å². The topological polar surface area (TPSA) is 75.8 Å². The van der Waals surface area contributed by atoms with Crippen LogP contribution in [0.15, 0.2) is 48.5 Å². The van der Waals surface area contributed by atoms with Crippen molar-refractivity contribution in [1.29, 1.82) is 0 Å². The molecule has 0 bridgehead atoms. The fourth-order valence-electron chi connectivity index (χ4n) is 1.80. The minimum absolute atomic E-state index is 0.0377. The summed E-state index contributed by atoms with van der Waals surface area (Å²) in [5, 5.41) is 8.98. The Bertz CT molecular complexity index is 594. The molecule has 2 aromatic rings. The average Bonchev–Trinajstić information content (AvgIpc) is 2.53. The number of benzene rings is 2. The number of ether oxygens (including phenoxy) is 1. The highest BCUT2D eigenvalue weighted by molar-refractivity contribution is 5.90.